The second-order valence-corrected chi connectivity index (χ2v) is 4.48. The van der Waals surface area contributed by atoms with Gasteiger partial charge in [0, 0.05) is 13.0 Å². The van der Waals surface area contributed by atoms with Crippen molar-refractivity contribution in [2.45, 2.75) is 32.7 Å². The lowest BCUT2D eigenvalue weighted by atomic mass is 10.2. The fraction of sp³-hybridized carbons (Fsp3) is 0.533. The number of nitrogens with one attached hydrogen (secondary N) is 2. The third kappa shape index (κ3) is 6.82. The Kier molecular flexibility index (Phi) is 7.66. The van der Waals surface area contributed by atoms with Crippen LogP contribution in [0.2, 0.25) is 0 Å². The number of amides is 1. The van der Waals surface area contributed by atoms with Gasteiger partial charge in [-0.05, 0) is 44.1 Å². The number of rotatable bonds is 9. The van der Waals surface area contributed by atoms with E-state index in [4.69, 9.17) is 4.74 Å². The molecule has 2 N–H and O–H groups in total. The first-order valence-corrected chi connectivity index (χ1v) is 6.89. The molecule has 4 nitrogen and oxygen atoms in total. The van der Waals surface area contributed by atoms with Crippen LogP contribution in [-0.4, -0.2) is 26.1 Å². The molecule has 0 heterocycles. The summed E-state index contributed by atoms with van der Waals surface area (Å²) in [5.74, 6) is 0.979. The quantitative estimate of drug-likeness (QED) is 0.672. The van der Waals surface area contributed by atoms with Crippen molar-refractivity contribution in [3.05, 3.63) is 29.8 Å². The molecule has 0 radical (unpaired) electrons. The molecule has 0 atom stereocenters. The number of ether oxygens (including phenoxy) is 1. The standard InChI is InChI=1S/C15H24N2O2/c1-3-11-19-14-8-6-13(7-9-14)12-17-15(18)5-4-10-16-2/h6-9,16H,3-5,10-12H2,1-2H3,(H,17,18). The van der Waals surface area contributed by atoms with Crippen LogP contribution in [0.1, 0.15) is 31.7 Å². The van der Waals surface area contributed by atoms with E-state index in [9.17, 15) is 4.79 Å². The van der Waals surface area contributed by atoms with Gasteiger partial charge in [0.1, 0.15) is 5.75 Å². The van der Waals surface area contributed by atoms with E-state index in [-0.39, 0.29) is 5.91 Å². The summed E-state index contributed by atoms with van der Waals surface area (Å²) in [6.45, 7) is 4.27. The van der Waals surface area contributed by atoms with Gasteiger partial charge in [-0.25, -0.2) is 0 Å². The average Bonchev–Trinajstić information content (AvgIpc) is 2.44. The summed E-state index contributed by atoms with van der Waals surface area (Å²) >= 11 is 0. The van der Waals surface area contributed by atoms with Crippen LogP contribution in [0.25, 0.3) is 0 Å². The Morgan fingerprint density at radius 2 is 2.00 bits per heavy atom. The molecule has 4 heteroatoms. The number of hydrogen-bond acceptors (Lipinski definition) is 3. The summed E-state index contributed by atoms with van der Waals surface area (Å²) in [5, 5.41) is 5.94. The van der Waals surface area contributed by atoms with E-state index in [2.05, 4.69) is 17.6 Å². The molecule has 1 amide bonds. The minimum atomic E-state index is 0.0987. The van der Waals surface area contributed by atoms with E-state index in [0.717, 1.165) is 37.3 Å². The Bertz CT molecular complexity index is 363. The molecule has 0 aliphatic carbocycles. The molecule has 0 bridgehead atoms. The molecule has 0 saturated heterocycles. The molecule has 0 aliphatic rings. The van der Waals surface area contributed by atoms with E-state index in [1.807, 2.05) is 31.3 Å². The maximum Gasteiger partial charge on any atom is 0.220 e. The van der Waals surface area contributed by atoms with Gasteiger partial charge in [0.15, 0.2) is 0 Å². The first kappa shape index (κ1) is 15.5. The molecular weight excluding hydrogens is 240 g/mol. The lowest BCUT2D eigenvalue weighted by Gasteiger charge is -2.07. The zero-order valence-electron chi connectivity index (χ0n) is 11.9. The lowest BCUT2D eigenvalue weighted by Crippen LogP contribution is -2.23. The zero-order valence-corrected chi connectivity index (χ0v) is 11.9. The minimum absolute atomic E-state index is 0.0987. The van der Waals surface area contributed by atoms with Gasteiger partial charge in [0.2, 0.25) is 5.91 Å². The SMILES string of the molecule is CCCOc1ccc(CNC(=O)CCCNC)cc1. The predicted octanol–water partition coefficient (Wildman–Crippen LogP) is 2.09. The molecule has 0 saturated carbocycles. The largest absolute Gasteiger partial charge is 0.494 e. The van der Waals surface area contributed by atoms with Gasteiger partial charge in [0.05, 0.1) is 6.61 Å². The summed E-state index contributed by atoms with van der Waals surface area (Å²) in [5.41, 5.74) is 1.09. The van der Waals surface area contributed by atoms with Crippen molar-refractivity contribution in [3.63, 3.8) is 0 Å². The Labute approximate surface area is 115 Å². The van der Waals surface area contributed by atoms with Crippen LogP contribution in [0.4, 0.5) is 0 Å². The van der Waals surface area contributed by atoms with E-state index < -0.39 is 0 Å². The fourth-order valence-corrected chi connectivity index (χ4v) is 1.64. The van der Waals surface area contributed by atoms with Crippen molar-refractivity contribution in [3.8, 4) is 5.75 Å². The topological polar surface area (TPSA) is 50.4 Å². The van der Waals surface area contributed by atoms with Crippen LogP contribution in [0.15, 0.2) is 24.3 Å². The van der Waals surface area contributed by atoms with E-state index in [0.29, 0.717) is 13.0 Å². The van der Waals surface area contributed by atoms with Crippen molar-refractivity contribution >= 4 is 5.91 Å². The Balaban J connectivity index is 2.27. The smallest absolute Gasteiger partial charge is 0.220 e. The molecule has 0 fully saturated rings. The van der Waals surface area contributed by atoms with Crippen LogP contribution in [0.3, 0.4) is 0 Å². The molecule has 1 rings (SSSR count). The Hall–Kier alpha value is -1.55. The number of carbonyl (C=O) groups excluding carboxylic acids is 1. The summed E-state index contributed by atoms with van der Waals surface area (Å²) in [6.07, 6.45) is 2.44. The van der Waals surface area contributed by atoms with Crippen molar-refractivity contribution < 1.29 is 9.53 Å². The highest BCUT2D eigenvalue weighted by Crippen LogP contribution is 2.12. The van der Waals surface area contributed by atoms with Gasteiger partial charge < -0.3 is 15.4 Å². The first-order valence-electron chi connectivity index (χ1n) is 6.89. The third-order valence-electron chi connectivity index (χ3n) is 2.72. The monoisotopic (exact) mass is 264 g/mol. The van der Waals surface area contributed by atoms with Gasteiger partial charge in [0.25, 0.3) is 0 Å². The van der Waals surface area contributed by atoms with Gasteiger partial charge >= 0.3 is 0 Å². The molecule has 106 valence electrons. The Morgan fingerprint density at radius 3 is 2.63 bits per heavy atom. The second kappa shape index (κ2) is 9.39. The summed E-state index contributed by atoms with van der Waals surface area (Å²) < 4.78 is 5.51. The molecule has 0 aliphatic heterocycles. The van der Waals surface area contributed by atoms with E-state index in [1.165, 1.54) is 0 Å². The summed E-state index contributed by atoms with van der Waals surface area (Å²) in [4.78, 5) is 11.5. The van der Waals surface area contributed by atoms with E-state index in [1.54, 1.807) is 0 Å². The Morgan fingerprint density at radius 1 is 1.26 bits per heavy atom. The normalized spacial score (nSPS) is 10.2. The summed E-state index contributed by atoms with van der Waals surface area (Å²) in [7, 11) is 1.89. The predicted molar refractivity (Wildman–Crippen MR) is 77.2 cm³/mol. The molecule has 0 aromatic heterocycles. The van der Waals surface area contributed by atoms with Crippen LogP contribution in [0, 0.1) is 0 Å². The summed E-state index contributed by atoms with van der Waals surface area (Å²) in [6, 6.07) is 7.86. The molecule has 0 spiro atoms. The first-order chi connectivity index (χ1) is 9.26. The average molecular weight is 264 g/mol. The van der Waals surface area contributed by atoms with Gasteiger partial charge in [-0.1, -0.05) is 19.1 Å². The molecule has 1 aromatic carbocycles. The van der Waals surface area contributed by atoms with Gasteiger partial charge in [-0.3, -0.25) is 4.79 Å². The number of benzene rings is 1. The molecule has 1 aromatic rings. The second-order valence-electron chi connectivity index (χ2n) is 4.48. The van der Waals surface area contributed by atoms with Crippen LogP contribution < -0.4 is 15.4 Å². The maximum absolute atomic E-state index is 11.5. The van der Waals surface area contributed by atoms with Gasteiger partial charge in [-0.2, -0.15) is 0 Å². The highest BCUT2D eigenvalue weighted by atomic mass is 16.5. The van der Waals surface area contributed by atoms with Gasteiger partial charge in [-0.15, -0.1) is 0 Å². The third-order valence-corrected chi connectivity index (χ3v) is 2.72. The fourth-order valence-electron chi connectivity index (χ4n) is 1.64. The molecular formula is C15H24N2O2. The van der Waals surface area contributed by atoms with E-state index >= 15 is 0 Å². The number of hydrogen-bond donors (Lipinski definition) is 2. The lowest BCUT2D eigenvalue weighted by molar-refractivity contribution is -0.121. The maximum atomic E-state index is 11.5. The van der Waals surface area contributed by atoms with Crippen LogP contribution in [-0.2, 0) is 11.3 Å². The van der Waals surface area contributed by atoms with Crippen molar-refractivity contribution in [1.29, 1.82) is 0 Å². The minimum Gasteiger partial charge on any atom is -0.494 e. The van der Waals surface area contributed by atoms with Crippen molar-refractivity contribution in [2.24, 2.45) is 0 Å². The molecule has 19 heavy (non-hydrogen) atoms. The van der Waals surface area contributed by atoms with Crippen molar-refractivity contribution in [1.82, 2.24) is 10.6 Å². The van der Waals surface area contributed by atoms with Crippen LogP contribution in [0.5, 0.6) is 5.75 Å². The zero-order chi connectivity index (χ0) is 13.9. The molecule has 0 unspecified atom stereocenters. The van der Waals surface area contributed by atoms with Crippen molar-refractivity contribution in [2.75, 3.05) is 20.2 Å². The highest BCUT2D eigenvalue weighted by Gasteiger charge is 2.01. The number of carbonyl (C=O) groups is 1. The van der Waals surface area contributed by atoms with Crippen LogP contribution >= 0.6 is 0 Å². The highest BCUT2D eigenvalue weighted by molar-refractivity contribution is 5.75.